The van der Waals surface area contributed by atoms with Crippen molar-refractivity contribution in [1.29, 1.82) is 0 Å². The molecule has 2 heteroatoms. The summed E-state index contributed by atoms with van der Waals surface area (Å²) in [5, 5.41) is 3.83. The molecular formula is C17H27NO. The smallest absolute Gasteiger partial charge is 0.103 e. The standard InChI is InChI=1S/C17H27NO/c1-12(5-8-16-4-3-9-19-16)18-13(2)17-11-14-6-7-15(17)10-14/h3-4,9,12-15,17-18H,5-8,10-11H2,1-2H3. The minimum Gasteiger partial charge on any atom is -0.469 e. The molecule has 2 nitrogen and oxygen atoms in total. The summed E-state index contributed by atoms with van der Waals surface area (Å²) in [7, 11) is 0. The van der Waals surface area contributed by atoms with E-state index in [1.54, 1.807) is 6.26 Å². The van der Waals surface area contributed by atoms with E-state index in [4.69, 9.17) is 4.42 Å². The number of furan rings is 1. The van der Waals surface area contributed by atoms with Gasteiger partial charge < -0.3 is 9.73 Å². The van der Waals surface area contributed by atoms with Crippen LogP contribution in [0.15, 0.2) is 22.8 Å². The van der Waals surface area contributed by atoms with Crippen LogP contribution >= 0.6 is 0 Å². The van der Waals surface area contributed by atoms with E-state index in [9.17, 15) is 0 Å². The van der Waals surface area contributed by atoms with Crippen molar-refractivity contribution in [3.63, 3.8) is 0 Å². The van der Waals surface area contributed by atoms with Crippen LogP contribution in [0, 0.1) is 17.8 Å². The SMILES string of the molecule is CC(CCc1ccco1)NC(C)C1CC2CCC1C2. The molecule has 5 atom stereocenters. The van der Waals surface area contributed by atoms with E-state index in [2.05, 4.69) is 25.2 Å². The second kappa shape index (κ2) is 5.70. The zero-order chi connectivity index (χ0) is 13.2. The molecule has 0 amide bonds. The highest BCUT2D eigenvalue weighted by atomic mass is 16.3. The lowest BCUT2D eigenvalue weighted by Gasteiger charge is -2.31. The van der Waals surface area contributed by atoms with Gasteiger partial charge in [0.25, 0.3) is 0 Å². The van der Waals surface area contributed by atoms with Crippen molar-refractivity contribution >= 4 is 0 Å². The molecule has 0 aromatic carbocycles. The maximum atomic E-state index is 5.40. The Labute approximate surface area is 117 Å². The molecule has 2 fully saturated rings. The van der Waals surface area contributed by atoms with Crippen LogP contribution in [0.3, 0.4) is 0 Å². The van der Waals surface area contributed by atoms with Crippen LogP contribution in [0.2, 0.25) is 0 Å². The first kappa shape index (κ1) is 13.2. The molecule has 0 radical (unpaired) electrons. The molecular weight excluding hydrogens is 234 g/mol. The Kier molecular flexibility index (Phi) is 3.97. The van der Waals surface area contributed by atoms with Crippen LogP contribution < -0.4 is 5.32 Å². The van der Waals surface area contributed by atoms with Crippen molar-refractivity contribution in [2.24, 2.45) is 17.8 Å². The third-order valence-electron chi connectivity index (χ3n) is 5.39. The van der Waals surface area contributed by atoms with E-state index in [0.29, 0.717) is 12.1 Å². The normalized spacial score (nSPS) is 32.6. The fraction of sp³-hybridized carbons (Fsp3) is 0.765. The summed E-state index contributed by atoms with van der Waals surface area (Å²) in [4.78, 5) is 0. The maximum Gasteiger partial charge on any atom is 0.103 e. The average Bonchev–Trinajstić information content (AvgIpc) is 3.13. The Morgan fingerprint density at radius 3 is 2.84 bits per heavy atom. The Morgan fingerprint density at radius 2 is 2.21 bits per heavy atom. The molecule has 1 aromatic heterocycles. The van der Waals surface area contributed by atoms with E-state index in [1.807, 2.05) is 6.07 Å². The van der Waals surface area contributed by atoms with Gasteiger partial charge in [-0.3, -0.25) is 0 Å². The summed E-state index contributed by atoms with van der Waals surface area (Å²) in [5.74, 6) is 4.12. The van der Waals surface area contributed by atoms with Crippen molar-refractivity contribution in [2.75, 3.05) is 0 Å². The highest BCUT2D eigenvalue weighted by Gasteiger charge is 2.41. The van der Waals surface area contributed by atoms with Crippen LogP contribution in [0.1, 0.15) is 51.7 Å². The minimum absolute atomic E-state index is 0.583. The summed E-state index contributed by atoms with van der Waals surface area (Å²) < 4.78 is 5.40. The molecule has 1 heterocycles. The second-order valence-electron chi connectivity index (χ2n) is 6.81. The van der Waals surface area contributed by atoms with Crippen LogP contribution in [0.5, 0.6) is 0 Å². The van der Waals surface area contributed by atoms with Gasteiger partial charge in [0, 0.05) is 18.5 Å². The molecule has 2 aliphatic carbocycles. The van der Waals surface area contributed by atoms with Crippen LogP contribution in [0.25, 0.3) is 0 Å². The van der Waals surface area contributed by atoms with Crippen LogP contribution in [-0.2, 0) is 6.42 Å². The third-order valence-corrected chi connectivity index (χ3v) is 5.39. The predicted octanol–water partition coefficient (Wildman–Crippen LogP) is 4.02. The van der Waals surface area contributed by atoms with Gasteiger partial charge in [0.1, 0.15) is 5.76 Å². The maximum absolute atomic E-state index is 5.40. The molecule has 19 heavy (non-hydrogen) atoms. The lowest BCUT2D eigenvalue weighted by atomic mass is 9.83. The van der Waals surface area contributed by atoms with Gasteiger partial charge in [0.05, 0.1) is 6.26 Å². The molecule has 0 aliphatic heterocycles. The van der Waals surface area contributed by atoms with Gasteiger partial charge >= 0.3 is 0 Å². The fourth-order valence-electron chi connectivity index (χ4n) is 4.38. The van der Waals surface area contributed by atoms with Gasteiger partial charge in [0.15, 0.2) is 0 Å². The largest absolute Gasteiger partial charge is 0.469 e. The van der Waals surface area contributed by atoms with Crippen molar-refractivity contribution in [2.45, 2.75) is 64.5 Å². The first-order valence-electron chi connectivity index (χ1n) is 8.01. The van der Waals surface area contributed by atoms with Crippen LogP contribution in [0.4, 0.5) is 0 Å². The molecule has 1 N–H and O–H groups in total. The predicted molar refractivity (Wildman–Crippen MR) is 78.0 cm³/mol. The van der Waals surface area contributed by atoms with E-state index in [1.165, 1.54) is 32.1 Å². The molecule has 5 unspecified atom stereocenters. The number of nitrogens with one attached hydrogen (secondary N) is 1. The van der Waals surface area contributed by atoms with Gasteiger partial charge in [0.2, 0.25) is 0 Å². The topological polar surface area (TPSA) is 25.2 Å². The van der Waals surface area contributed by atoms with E-state index >= 15 is 0 Å². The lowest BCUT2D eigenvalue weighted by Crippen LogP contribution is -2.41. The number of rotatable bonds is 6. The summed E-state index contributed by atoms with van der Waals surface area (Å²) in [6, 6.07) is 5.32. The fourth-order valence-corrected chi connectivity index (χ4v) is 4.38. The Morgan fingerprint density at radius 1 is 1.32 bits per heavy atom. The molecule has 1 aromatic rings. The number of hydrogen-bond donors (Lipinski definition) is 1. The Bertz CT molecular complexity index is 386. The third kappa shape index (κ3) is 3.05. The van der Waals surface area contributed by atoms with Gasteiger partial charge in [-0.25, -0.2) is 0 Å². The lowest BCUT2D eigenvalue weighted by molar-refractivity contribution is 0.244. The van der Waals surface area contributed by atoms with Gasteiger partial charge in [-0.1, -0.05) is 6.42 Å². The minimum atomic E-state index is 0.583. The molecule has 3 rings (SSSR count). The quantitative estimate of drug-likeness (QED) is 0.837. The van der Waals surface area contributed by atoms with Crippen molar-refractivity contribution in [3.8, 4) is 0 Å². The molecule has 2 saturated carbocycles. The van der Waals surface area contributed by atoms with Crippen molar-refractivity contribution < 1.29 is 4.42 Å². The Hall–Kier alpha value is -0.760. The molecule has 0 spiro atoms. The van der Waals surface area contributed by atoms with Gasteiger partial charge in [-0.05, 0) is 69.4 Å². The van der Waals surface area contributed by atoms with Gasteiger partial charge in [-0.15, -0.1) is 0 Å². The summed E-state index contributed by atoms with van der Waals surface area (Å²) >= 11 is 0. The van der Waals surface area contributed by atoms with Gasteiger partial charge in [-0.2, -0.15) is 0 Å². The zero-order valence-electron chi connectivity index (χ0n) is 12.3. The van der Waals surface area contributed by atoms with E-state index in [-0.39, 0.29) is 0 Å². The monoisotopic (exact) mass is 261 g/mol. The Balaban J connectivity index is 1.43. The molecule has 0 saturated heterocycles. The van der Waals surface area contributed by atoms with Crippen LogP contribution in [-0.4, -0.2) is 12.1 Å². The highest BCUT2D eigenvalue weighted by molar-refractivity contribution is 4.99. The zero-order valence-corrected chi connectivity index (χ0v) is 12.3. The number of fused-ring (bicyclic) bond motifs is 2. The first-order valence-corrected chi connectivity index (χ1v) is 8.01. The average molecular weight is 261 g/mol. The molecule has 2 aliphatic rings. The highest BCUT2D eigenvalue weighted by Crippen LogP contribution is 2.49. The summed E-state index contributed by atoms with van der Waals surface area (Å²) in [5.41, 5.74) is 0. The number of aryl methyl sites for hydroxylation is 1. The van der Waals surface area contributed by atoms with E-state index < -0.39 is 0 Å². The first-order chi connectivity index (χ1) is 9.22. The number of hydrogen-bond acceptors (Lipinski definition) is 2. The molecule has 2 bridgehead atoms. The summed E-state index contributed by atoms with van der Waals surface area (Å²) in [6.45, 7) is 4.71. The van der Waals surface area contributed by atoms with Crippen molar-refractivity contribution in [1.82, 2.24) is 5.32 Å². The second-order valence-corrected chi connectivity index (χ2v) is 6.81. The molecule has 106 valence electrons. The summed E-state index contributed by atoms with van der Waals surface area (Å²) in [6.07, 6.45) is 9.96. The van der Waals surface area contributed by atoms with Crippen molar-refractivity contribution in [3.05, 3.63) is 24.2 Å². The van der Waals surface area contributed by atoms with E-state index in [0.717, 1.165) is 29.9 Å².